The van der Waals surface area contributed by atoms with Gasteiger partial charge in [0.1, 0.15) is 5.56 Å². The summed E-state index contributed by atoms with van der Waals surface area (Å²) in [6.07, 6.45) is 1.83. The Morgan fingerprint density at radius 1 is 1.38 bits per heavy atom. The molecule has 0 atom stereocenters. The predicted octanol–water partition coefficient (Wildman–Crippen LogP) is 0.562. The van der Waals surface area contributed by atoms with E-state index in [9.17, 15) is 4.79 Å². The summed E-state index contributed by atoms with van der Waals surface area (Å²) < 4.78 is 13.8. The van der Waals surface area contributed by atoms with Gasteiger partial charge in [-0.15, -0.1) is 15.3 Å². The molecule has 1 N–H and O–H groups in total. The highest BCUT2D eigenvalue weighted by Crippen LogP contribution is 2.29. The van der Waals surface area contributed by atoms with E-state index in [1.54, 1.807) is 18.9 Å². The highest BCUT2D eigenvalue weighted by atomic mass is 32.2. The zero-order valence-electron chi connectivity index (χ0n) is 14.3. The molecule has 2 rings (SSSR count). The van der Waals surface area contributed by atoms with E-state index in [1.807, 2.05) is 24.7 Å². The number of rotatable bonds is 9. The molecular formula is C14H22N6O3S. The lowest BCUT2D eigenvalue weighted by Crippen LogP contribution is -2.28. The summed E-state index contributed by atoms with van der Waals surface area (Å²) in [4.78, 5) is 11.8. The minimum absolute atomic E-state index is 0.0665. The summed E-state index contributed by atoms with van der Waals surface area (Å²) in [6.45, 7) is 3.66. The van der Waals surface area contributed by atoms with Gasteiger partial charge in [-0.2, -0.15) is 0 Å². The number of thioether (sulfide) groups is 1. The van der Waals surface area contributed by atoms with Crippen molar-refractivity contribution in [3.8, 4) is 17.3 Å². The molecule has 2 heterocycles. The smallest absolute Gasteiger partial charge is 0.243 e. The molecule has 0 radical (unpaired) electrons. The third-order valence-electron chi connectivity index (χ3n) is 3.22. The molecule has 1 amide bonds. The molecule has 10 heteroatoms. The third kappa shape index (κ3) is 4.26. The van der Waals surface area contributed by atoms with Gasteiger partial charge in [-0.05, 0) is 6.92 Å². The zero-order chi connectivity index (χ0) is 17.5. The highest BCUT2D eigenvalue weighted by molar-refractivity contribution is 7.99. The first kappa shape index (κ1) is 18.3. The summed E-state index contributed by atoms with van der Waals surface area (Å²) in [5.41, 5.74) is 0.769. The van der Waals surface area contributed by atoms with E-state index in [2.05, 4.69) is 20.6 Å². The van der Waals surface area contributed by atoms with Crippen LogP contribution in [0.4, 0.5) is 0 Å². The second-order valence-corrected chi connectivity index (χ2v) is 5.85. The number of carbonyl (C=O) groups is 1. The van der Waals surface area contributed by atoms with E-state index in [0.29, 0.717) is 36.6 Å². The van der Waals surface area contributed by atoms with Gasteiger partial charge in [-0.25, -0.2) is 0 Å². The van der Waals surface area contributed by atoms with Crippen molar-refractivity contribution >= 4 is 17.7 Å². The fourth-order valence-corrected chi connectivity index (χ4v) is 2.96. The molecule has 9 nitrogen and oxygen atoms in total. The van der Waals surface area contributed by atoms with Gasteiger partial charge in [-0.1, -0.05) is 11.8 Å². The van der Waals surface area contributed by atoms with Crippen LogP contribution in [-0.4, -0.2) is 63.6 Å². The van der Waals surface area contributed by atoms with E-state index in [4.69, 9.17) is 9.47 Å². The molecule has 0 aliphatic heterocycles. The van der Waals surface area contributed by atoms with Crippen molar-refractivity contribution in [2.75, 3.05) is 33.1 Å². The number of hydrogen-bond donors (Lipinski definition) is 1. The lowest BCUT2D eigenvalue weighted by Gasteiger charge is -2.07. The summed E-state index contributed by atoms with van der Waals surface area (Å²) in [5.74, 6) is 1.37. The number of methoxy groups -OCH3 is 2. The van der Waals surface area contributed by atoms with E-state index in [1.165, 1.54) is 11.8 Å². The van der Waals surface area contributed by atoms with Crippen LogP contribution in [0.25, 0.3) is 11.4 Å². The van der Waals surface area contributed by atoms with Crippen LogP contribution in [0.15, 0.2) is 11.4 Å². The van der Waals surface area contributed by atoms with Crippen molar-refractivity contribution < 1.29 is 14.3 Å². The van der Waals surface area contributed by atoms with Crippen LogP contribution in [0.2, 0.25) is 0 Å². The maximum Gasteiger partial charge on any atom is 0.243 e. The number of carbonyl (C=O) groups excluding carboxylic acids is 1. The topological polar surface area (TPSA) is 96.1 Å². The molecule has 0 aliphatic rings. The number of nitrogens with zero attached hydrogens (tertiary/aromatic N) is 5. The first-order valence-corrected chi connectivity index (χ1v) is 8.48. The van der Waals surface area contributed by atoms with Crippen LogP contribution in [-0.2, 0) is 23.1 Å². The quantitative estimate of drug-likeness (QED) is 0.519. The lowest BCUT2D eigenvalue weighted by atomic mass is 10.3. The normalized spacial score (nSPS) is 10.8. The van der Waals surface area contributed by atoms with Gasteiger partial charge in [-0.3, -0.25) is 9.48 Å². The van der Waals surface area contributed by atoms with Crippen LogP contribution in [0, 0.1) is 0 Å². The lowest BCUT2D eigenvalue weighted by molar-refractivity contribution is -0.118. The molecule has 2 aromatic rings. The van der Waals surface area contributed by atoms with Gasteiger partial charge in [0.15, 0.2) is 11.0 Å². The molecule has 0 unspecified atom stereocenters. The Kier molecular flexibility index (Phi) is 6.62. The molecule has 24 heavy (non-hydrogen) atoms. The monoisotopic (exact) mass is 354 g/mol. The van der Waals surface area contributed by atoms with Gasteiger partial charge < -0.3 is 19.4 Å². The summed E-state index contributed by atoms with van der Waals surface area (Å²) in [7, 11) is 4.98. The van der Waals surface area contributed by atoms with Crippen molar-refractivity contribution in [1.29, 1.82) is 0 Å². The Labute approximate surface area is 144 Å². The van der Waals surface area contributed by atoms with Crippen molar-refractivity contribution in [1.82, 2.24) is 29.9 Å². The minimum atomic E-state index is -0.0665. The van der Waals surface area contributed by atoms with Crippen molar-refractivity contribution in [3.05, 3.63) is 6.20 Å². The van der Waals surface area contributed by atoms with Crippen LogP contribution in [0.5, 0.6) is 5.88 Å². The third-order valence-corrected chi connectivity index (χ3v) is 4.19. The molecule has 2 aromatic heterocycles. The van der Waals surface area contributed by atoms with E-state index >= 15 is 0 Å². The standard InChI is InChI=1S/C14H22N6O3S/c1-5-20-12(10-8-19(2)18-13(10)23-4)16-17-14(20)24-9-11(21)15-6-7-22-3/h8H,5-7,9H2,1-4H3,(H,15,21). The van der Waals surface area contributed by atoms with Crippen molar-refractivity contribution in [2.45, 2.75) is 18.6 Å². The second kappa shape index (κ2) is 8.69. The number of aryl methyl sites for hydroxylation is 1. The Morgan fingerprint density at radius 2 is 2.17 bits per heavy atom. The maximum atomic E-state index is 11.8. The fraction of sp³-hybridized carbons (Fsp3) is 0.571. The largest absolute Gasteiger partial charge is 0.479 e. The molecule has 0 bridgehead atoms. The zero-order valence-corrected chi connectivity index (χ0v) is 15.1. The van der Waals surface area contributed by atoms with E-state index in [-0.39, 0.29) is 11.7 Å². The minimum Gasteiger partial charge on any atom is -0.479 e. The van der Waals surface area contributed by atoms with Gasteiger partial charge in [0.25, 0.3) is 0 Å². The van der Waals surface area contributed by atoms with E-state index in [0.717, 1.165) is 5.56 Å². The SMILES string of the molecule is CCn1c(SCC(=O)NCCOC)nnc1-c1cn(C)nc1OC. The second-order valence-electron chi connectivity index (χ2n) is 4.91. The van der Waals surface area contributed by atoms with Gasteiger partial charge in [0.05, 0.1) is 19.5 Å². The number of aromatic nitrogens is 5. The van der Waals surface area contributed by atoms with Crippen LogP contribution < -0.4 is 10.1 Å². The van der Waals surface area contributed by atoms with E-state index < -0.39 is 0 Å². The molecular weight excluding hydrogens is 332 g/mol. The fourth-order valence-electron chi connectivity index (χ4n) is 2.13. The Hall–Kier alpha value is -2.07. The molecule has 0 saturated carbocycles. The van der Waals surface area contributed by atoms with Gasteiger partial charge >= 0.3 is 0 Å². The maximum absolute atomic E-state index is 11.8. The van der Waals surface area contributed by atoms with Crippen LogP contribution in [0.1, 0.15) is 6.92 Å². The number of amides is 1. The van der Waals surface area contributed by atoms with Gasteiger partial charge in [0.2, 0.25) is 11.8 Å². The predicted molar refractivity (Wildman–Crippen MR) is 90.1 cm³/mol. The van der Waals surface area contributed by atoms with Crippen LogP contribution >= 0.6 is 11.8 Å². The van der Waals surface area contributed by atoms with Gasteiger partial charge in [0, 0.05) is 33.4 Å². The molecule has 0 fully saturated rings. The number of hydrogen-bond acceptors (Lipinski definition) is 7. The number of nitrogens with one attached hydrogen (secondary N) is 1. The summed E-state index contributed by atoms with van der Waals surface area (Å²) in [6, 6.07) is 0. The Morgan fingerprint density at radius 3 is 2.83 bits per heavy atom. The Balaban J connectivity index is 2.10. The van der Waals surface area contributed by atoms with Crippen LogP contribution in [0.3, 0.4) is 0 Å². The molecule has 0 saturated heterocycles. The summed E-state index contributed by atoms with van der Waals surface area (Å²) >= 11 is 1.34. The first-order chi connectivity index (χ1) is 11.6. The molecule has 132 valence electrons. The number of ether oxygens (including phenoxy) is 2. The van der Waals surface area contributed by atoms with Crippen molar-refractivity contribution in [3.63, 3.8) is 0 Å². The first-order valence-electron chi connectivity index (χ1n) is 7.50. The molecule has 0 aliphatic carbocycles. The van der Waals surface area contributed by atoms with Crippen molar-refractivity contribution in [2.24, 2.45) is 7.05 Å². The Bertz CT molecular complexity index is 684. The average molecular weight is 354 g/mol. The molecule has 0 spiro atoms. The highest BCUT2D eigenvalue weighted by Gasteiger charge is 2.19. The average Bonchev–Trinajstić information content (AvgIpc) is 3.15. The summed E-state index contributed by atoms with van der Waals surface area (Å²) in [5, 5.41) is 16.1. The molecule has 0 aromatic carbocycles.